The van der Waals surface area contributed by atoms with Crippen LogP contribution in [0.4, 0.5) is 5.69 Å². The summed E-state index contributed by atoms with van der Waals surface area (Å²) in [7, 11) is 2.19. The van der Waals surface area contributed by atoms with E-state index >= 15 is 0 Å². The van der Waals surface area contributed by atoms with Crippen molar-refractivity contribution < 1.29 is 0 Å². The molecular formula is C22H38IN5. The van der Waals surface area contributed by atoms with Crippen LogP contribution in [0.5, 0.6) is 0 Å². The average Bonchev–Trinajstić information content (AvgIpc) is 2.67. The number of nitrogens with zero attached hydrogens (tertiary/aromatic N) is 3. The topological polar surface area (TPSA) is 42.9 Å². The summed E-state index contributed by atoms with van der Waals surface area (Å²) in [4.78, 5) is 9.79. The lowest BCUT2D eigenvalue weighted by Crippen LogP contribution is -2.49. The molecule has 1 aromatic rings. The summed E-state index contributed by atoms with van der Waals surface area (Å²) in [6.07, 6.45) is 4.81. The van der Waals surface area contributed by atoms with Gasteiger partial charge in [-0.05, 0) is 63.6 Å². The number of hydrogen-bond acceptors (Lipinski definition) is 3. The van der Waals surface area contributed by atoms with Crippen molar-refractivity contribution in [3.8, 4) is 0 Å². The SMILES string of the molecule is CCNC(=NCc1ccc2c(c1)CCCN2C)NC1CCN(C(C)C)CC1.I. The van der Waals surface area contributed by atoms with E-state index in [1.165, 1.54) is 55.6 Å². The minimum Gasteiger partial charge on any atom is -0.374 e. The van der Waals surface area contributed by atoms with Crippen LogP contribution in [0.2, 0.25) is 0 Å². The van der Waals surface area contributed by atoms with Crippen LogP contribution < -0.4 is 15.5 Å². The van der Waals surface area contributed by atoms with Crippen LogP contribution in [0, 0.1) is 0 Å². The van der Waals surface area contributed by atoms with E-state index in [1.807, 2.05) is 0 Å². The highest BCUT2D eigenvalue weighted by Gasteiger charge is 2.21. The van der Waals surface area contributed by atoms with Crippen LogP contribution >= 0.6 is 24.0 Å². The Balaban J connectivity index is 0.00000280. The zero-order valence-electron chi connectivity index (χ0n) is 18.0. The number of nitrogens with one attached hydrogen (secondary N) is 2. The summed E-state index contributed by atoms with van der Waals surface area (Å²) in [6.45, 7) is 11.8. The number of guanidine groups is 1. The largest absolute Gasteiger partial charge is 0.374 e. The Morgan fingerprint density at radius 3 is 2.64 bits per heavy atom. The van der Waals surface area contributed by atoms with Gasteiger partial charge in [0.1, 0.15) is 0 Å². The third-order valence-electron chi connectivity index (χ3n) is 5.86. The molecule has 2 heterocycles. The van der Waals surface area contributed by atoms with Gasteiger partial charge in [-0.3, -0.25) is 0 Å². The van der Waals surface area contributed by atoms with Crippen LogP contribution in [-0.2, 0) is 13.0 Å². The number of benzene rings is 1. The van der Waals surface area contributed by atoms with Crippen LogP contribution in [0.3, 0.4) is 0 Å². The molecule has 5 nitrogen and oxygen atoms in total. The highest BCUT2D eigenvalue weighted by atomic mass is 127. The molecule has 0 radical (unpaired) electrons. The first-order valence-corrected chi connectivity index (χ1v) is 10.7. The van der Waals surface area contributed by atoms with E-state index in [4.69, 9.17) is 4.99 Å². The molecule has 0 atom stereocenters. The van der Waals surface area contributed by atoms with Gasteiger partial charge in [0.15, 0.2) is 5.96 Å². The number of rotatable bonds is 5. The molecular weight excluding hydrogens is 461 g/mol. The average molecular weight is 499 g/mol. The Morgan fingerprint density at radius 2 is 1.96 bits per heavy atom. The van der Waals surface area contributed by atoms with Gasteiger partial charge < -0.3 is 20.4 Å². The summed E-state index contributed by atoms with van der Waals surface area (Å²) in [5, 5.41) is 7.08. The number of hydrogen-bond donors (Lipinski definition) is 2. The van der Waals surface area contributed by atoms with Crippen molar-refractivity contribution in [2.75, 3.05) is 38.1 Å². The molecule has 0 bridgehead atoms. The van der Waals surface area contributed by atoms with Gasteiger partial charge in [-0.15, -0.1) is 24.0 Å². The number of aryl methyl sites for hydroxylation is 1. The summed E-state index contributed by atoms with van der Waals surface area (Å²) in [6, 6.07) is 8.01. The third kappa shape index (κ3) is 6.24. The van der Waals surface area contributed by atoms with Gasteiger partial charge >= 0.3 is 0 Å². The Labute approximate surface area is 188 Å². The molecule has 1 aromatic carbocycles. The zero-order chi connectivity index (χ0) is 19.2. The lowest BCUT2D eigenvalue weighted by atomic mass is 10.00. The fourth-order valence-electron chi connectivity index (χ4n) is 4.18. The van der Waals surface area contributed by atoms with Gasteiger partial charge in [-0.1, -0.05) is 12.1 Å². The molecule has 0 spiro atoms. The van der Waals surface area contributed by atoms with E-state index in [1.54, 1.807) is 0 Å². The van der Waals surface area contributed by atoms with Crippen molar-refractivity contribution in [1.82, 2.24) is 15.5 Å². The molecule has 1 saturated heterocycles. The fourth-order valence-corrected chi connectivity index (χ4v) is 4.18. The highest BCUT2D eigenvalue weighted by Crippen LogP contribution is 2.27. The number of anilines is 1. The second-order valence-corrected chi connectivity index (χ2v) is 8.23. The quantitative estimate of drug-likeness (QED) is 0.369. The molecule has 28 heavy (non-hydrogen) atoms. The molecule has 1 fully saturated rings. The standard InChI is InChI=1S/C22H37N5.HI/c1-5-23-22(25-20-10-13-27(14-11-20)17(2)3)24-16-18-8-9-21-19(15-18)7-6-12-26(21)4;/h8-9,15,17,20H,5-7,10-14,16H2,1-4H3,(H2,23,24,25);1H. The molecule has 0 aliphatic carbocycles. The first kappa shape index (κ1) is 23.3. The smallest absolute Gasteiger partial charge is 0.191 e. The molecule has 158 valence electrons. The van der Waals surface area contributed by atoms with Gasteiger partial charge in [0, 0.05) is 51.0 Å². The molecule has 2 aliphatic heterocycles. The van der Waals surface area contributed by atoms with Crippen LogP contribution in [0.25, 0.3) is 0 Å². The summed E-state index contributed by atoms with van der Waals surface area (Å²) in [5.74, 6) is 0.954. The fraction of sp³-hybridized carbons (Fsp3) is 0.682. The number of aliphatic imine (C=N–C) groups is 1. The first-order chi connectivity index (χ1) is 13.1. The Bertz CT molecular complexity index is 638. The molecule has 0 aromatic heterocycles. The van der Waals surface area contributed by atoms with E-state index in [-0.39, 0.29) is 24.0 Å². The lowest BCUT2D eigenvalue weighted by molar-refractivity contribution is 0.167. The highest BCUT2D eigenvalue weighted by molar-refractivity contribution is 14.0. The maximum atomic E-state index is 4.87. The van der Waals surface area contributed by atoms with E-state index in [9.17, 15) is 0 Å². The molecule has 2 N–H and O–H groups in total. The maximum Gasteiger partial charge on any atom is 0.191 e. The molecule has 0 amide bonds. The summed E-state index contributed by atoms with van der Waals surface area (Å²) < 4.78 is 0. The third-order valence-corrected chi connectivity index (χ3v) is 5.86. The van der Waals surface area contributed by atoms with Gasteiger partial charge in [-0.25, -0.2) is 4.99 Å². The van der Waals surface area contributed by atoms with Crippen LogP contribution in [0.15, 0.2) is 23.2 Å². The van der Waals surface area contributed by atoms with Crippen molar-refractivity contribution in [2.24, 2.45) is 4.99 Å². The molecule has 2 aliphatic rings. The molecule has 6 heteroatoms. The normalized spacial score (nSPS) is 18.6. The number of piperidine rings is 1. The minimum atomic E-state index is 0. The Hall–Kier alpha value is -1.02. The number of halogens is 1. The second kappa shape index (κ2) is 11.2. The monoisotopic (exact) mass is 499 g/mol. The Morgan fingerprint density at radius 1 is 1.21 bits per heavy atom. The van der Waals surface area contributed by atoms with E-state index in [2.05, 4.69) is 66.5 Å². The first-order valence-electron chi connectivity index (χ1n) is 10.7. The van der Waals surface area contributed by atoms with Gasteiger partial charge in [0.05, 0.1) is 6.54 Å². The van der Waals surface area contributed by atoms with Gasteiger partial charge in [0.2, 0.25) is 0 Å². The van der Waals surface area contributed by atoms with Crippen LogP contribution in [-0.4, -0.2) is 56.2 Å². The molecule has 3 rings (SSSR count). The zero-order valence-corrected chi connectivity index (χ0v) is 20.3. The lowest BCUT2D eigenvalue weighted by Gasteiger charge is -2.35. The van der Waals surface area contributed by atoms with Crippen molar-refractivity contribution in [3.63, 3.8) is 0 Å². The van der Waals surface area contributed by atoms with Gasteiger partial charge in [0.25, 0.3) is 0 Å². The van der Waals surface area contributed by atoms with E-state index in [0.717, 1.165) is 25.6 Å². The van der Waals surface area contributed by atoms with Gasteiger partial charge in [-0.2, -0.15) is 0 Å². The van der Waals surface area contributed by atoms with Crippen molar-refractivity contribution in [1.29, 1.82) is 0 Å². The molecule has 0 unspecified atom stereocenters. The summed E-state index contributed by atoms with van der Waals surface area (Å²) in [5.41, 5.74) is 4.15. The summed E-state index contributed by atoms with van der Waals surface area (Å²) >= 11 is 0. The maximum absolute atomic E-state index is 4.87. The second-order valence-electron chi connectivity index (χ2n) is 8.23. The van der Waals surface area contributed by atoms with E-state index < -0.39 is 0 Å². The Kier molecular flexibility index (Phi) is 9.34. The number of likely N-dealkylation sites (tertiary alicyclic amines) is 1. The predicted molar refractivity (Wildman–Crippen MR) is 131 cm³/mol. The predicted octanol–water partition coefficient (Wildman–Crippen LogP) is 3.61. The molecule has 0 saturated carbocycles. The number of fused-ring (bicyclic) bond motifs is 1. The van der Waals surface area contributed by atoms with Crippen molar-refractivity contribution >= 4 is 35.6 Å². The van der Waals surface area contributed by atoms with Crippen molar-refractivity contribution in [2.45, 2.75) is 65.1 Å². The minimum absolute atomic E-state index is 0. The van der Waals surface area contributed by atoms with E-state index in [0.29, 0.717) is 12.1 Å². The van der Waals surface area contributed by atoms with Crippen LogP contribution in [0.1, 0.15) is 51.2 Å². The van der Waals surface area contributed by atoms with Crippen molar-refractivity contribution in [3.05, 3.63) is 29.3 Å².